The highest BCUT2D eigenvalue weighted by Crippen LogP contribution is 2.31. The molecule has 4 heteroatoms. The van der Waals surface area contributed by atoms with Crippen LogP contribution in [-0.2, 0) is 11.2 Å². The second kappa shape index (κ2) is 8.86. The number of nitrogens with zero attached hydrogens (tertiary/aromatic N) is 1. The molecule has 1 heterocycles. The molecule has 1 N–H and O–H groups in total. The van der Waals surface area contributed by atoms with Gasteiger partial charge < -0.3 is 10.1 Å². The van der Waals surface area contributed by atoms with E-state index in [2.05, 4.69) is 48.5 Å². The summed E-state index contributed by atoms with van der Waals surface area (Å²) in [6.45, 7) is 3.86. The number of carbonyl (C=O) groups is 1. The topological polar surface area (TPSA) is 41.6 Å². The van der Waals surface area contributed by atoms with Crippen LogP contribution in [0.3, 0.4) is 0 Å². The van der Waals surface area contributed by atoms with Crippen LogP contribution < -0.4 is 10.1 Å². The van der Waals surface area contributed by atoms with Gasteiger partial charge in [-0.1, -0.05) is 37.6 Å². The Morgan fingerprint density at radius 3 is 2.73 bits per heavy atom. The van der Waals surface area contributed by atoms with E-state index in [0.717, 1.165) is 43.9 Å². The second-order valence-corrected chi connectivity index (χ2v) is 6.92. The number of carbonyl (C=O) groups excluding carboxylic acids is 1. The average Bonchev–Trinajstić information content (AvgIpc) is 2.66. The molecule has 1 amide bonds. The Hall–Kier alpha value is -2.33. The Bertz CT molecular complexity index is 727. The van der Waals surface area contributed by atoms with Gasteiger partial charge in [0.25, 0.3) is 0 Å². The highest BCUT2D eigenvalue weighted by molar-refractivity contribution is 5.91. The fraction of sp³-hybridized carbons (Fsp3) is 0.409. The van der Waals surface area contributed by atoms with Crippen LogP contribution in [0.5, 0.6) is 5.75 Å². The number of rotatable bonds is 7. The number of fused-ring (bicyclic) bond motifs is 1. The number of unbranched alkanes of at least 4 members (excludes halogenated alkanes) is 1. The van der Waals surface area contributed by atoms with Gasteiger partial charge in [0.05, 0.1) is 6.61 Å². The smallest absolute Gasteiger partial charge is 0.226 e. The van der Waals surface area contributed by atoms with Gasteiger partial charge in [-0.25, -0.2) is 0 Å². The summed E-state index contributed by atoms with van der Waals surface area (Å²) in [5.74, 6) is 0.885. The molecule has 1 aliphatic heterocycles. The third-order valence-corrected chi connectivity index (χ3v) is 4.96. The lowest BCUT2D eigenvalue weighted by Crippen LogP contribution is -2.34. The third kappa shape index (κ3) is 4.64. The molecule has 0 saturated heterocycles. The number of amides is 1. The number of hydrogen-bond acceptors (Lipinski definition) is 3. The number of ether oxygens (including phenoxy) is 1. The van der Waals surface area contributed by atoms with Crippen LogP contribution in [0.2, 0.25) is 0 Å². The van der Waals surface area contributed by atoms with Gasteiger partial charge in [0.2, 0.25) is 5.91 Å². The van der Waals surface area contributed by atoms with Crippen molar-refractivity contribution in [3.8, 4) is 5.75 Å². The molecule has 1 aliphatic rings. The van der Waals surface area contributed by atoms with Crippen molar-refractivity contribution in [3.05, 3.63) is 59.7 Å². The quantitative estimate of drug-likeness (QED) is 0.750. The van der Waals surface area contributed by atoms with Crippen LogP contribution in [0.25, 0.3) is 0 Å². The lowest BCUT2D eigenvalue weighted by molar-refractivity contribution is -0.117. The SMILES string of the molecule is CCCCOc1ccc(NC(=O)CC2c3ccccc3CCN2C)cc1. The Morgan fingerprint density at radius 1 is 1.19 bits per heavy atom. The van der Waals surface area contributed by atoms with Crippen molar-refractivity contribution < 1.29 is 9.53 Å². The minimum absolute atomic E-state index is 0.0400. The van der Waals surface area contributed by atoms with Crippen LogP contribution >= 0.6 is 0 Å². The summed E-state index contributed by atoms with van der Waals surface area (Å²) in [5.41, 5.74) is 3.44. The lowest BCUT2D eigenvalue weighted by Gasteiger charge is -2.34. The maximum absolute atomic E-state index is 12.6. The molecule has 26 heavy (non-hydrogen) atoms. The largest absolute Gasteiger partial charge is 0.494 e. The molecular formula is C22H28N2O2. The molecule has 3 rings (SSSR count). The van der Waals surface area contributed by atoms with E-state index in [1.54, 1.807) is 0 Å². The first-order chi connectivity index (χ1) is 12.7. The van der Waals surface area contributed by atoms with E-state index in [4.69, 9.17) is 4.74 Å². The van der Waals surface area contributed by atoms with Crippen molar-refractivity contribution in [1.29, 1.82) is 0 Å². The number of likely N-dealkylation sites (N-methyl/N-ethyl adjacent to an activating group) is 1. The highest BCUT2D eigenvalue weighted by Gasteiger charge is 2.26. The predicted octanol–water partition coefficient (Wildman–Crippen LogP) is 4.42. The molecule has 0 aromatic heterocycles. The second-order valence-electron chi connectivity index (χ2n) is 6.92. The molecule has 0 saturated carbocycles. The van der Waals surface area contributed by atoms with Gasteiger partial charge in [0.1, 0.15) is 5.75 Å². The monoisotopic (exact) mass is 352 g/mol. The summed E-state index contributed by atoms with van der Waals surface area (Å²) in [6, 6.07) is 16.2. The van der Waals surface area contributed by atoms with Crippen molar-refractivity contribution in [1.82, 2.24) is 4.90 Å². The summed E-state index contributed by atoms with van der Waals surface area (Å²) in [6.07, 6.45) is 3.67. The Kier molecular flexibility index (Phi) is 6.29. The van der Waals surface area contributed by atoms with Gasteiger partial charge >= 0.3 is 0 Å². The van der Waals surface area contributed by atoms with Crippen molar-refractivity contribution in [2.24, 2.45) is 0 Å². The first-order valence-corrected chi connectivity index (χ1v) is 9.48. The van der Waals surface area contributed by atoms with E-state index in [1.807, 2.05) is 24.3 Å². The molecular weight excluding hydrogens is 324 g/mol. The molecule has 2 aromatic rings. The van der Waals surface area contributed by atoms with Gasteiger partial charge in [0, 0.05) is 24.7 Å². The number of hydrogen-bond donors (Lipinski definition) is 1. The van der Waals surface area contributed by atoms with Crippen LogP contribution in [0.4, 0.5) is 5.69 Å². The molecule has 138 valence electrons. The molecule has 0 aliphatic carbocycles. The maximum Gasteiger partial charge on any atom is 0.226 e. The molecule has 0 bridgehead atoms. The van der Waals surface area contributed by atoms with Crippen molar-refractivity contribution >= 4 is 11.6 Å². The van der Waals surface area contributed by atoms with Crippen molar-refractivity contribution in [3.63, 3.8) is 0 Å². The summed E-state index contributed by atoms with van der Waals surface area (Å²) in [5, 5.41) is 3.01. The highest BCUT2D eigenvalue weighted by atomic mass is 16.5. The van der Waals surface area contributed by atoms with Crippen LogP contribution in [0, 0.1) is 0 Å². The lowest BCUT2D eigenvalue weighted by atomic mass is 9.91. The van der Waals surface area contributed by atoms with Crippen LogP contribution in [0.15, 0.2) is 48.5 Å². The van der Waals surface area contributed by atoms with E-state index in [9.17, 15) is 4.79 Å². The van der Waals surface area contributed by atoms with Gasteiger partial charge in [-0.2, -0.15) is 0 Å². The molecule has 0 radical (unpaired) electrons. The summed E-state index contributed by atoms with van der Waals surface area (Å²) >= 11 is 0. The summed E-state index contributed by atoms with van der Waals surface area (Å²) in [7, 11) is 2.09. The molecule has 4 nitrogen and oxygen atoms in total. The molecule has 0 spiro atoms. The molecule has 2 aromatic carbocycles. The Labute approximate surface area is 156 Å². The van der Waals surface area contributed by atoms with E-state index < -0.39 is 0 Å². The Morgan fingerprint density at radius 2 is 1.96 bits per heavy atom. The summed E-state index contributed by atoms with van der Waals surface area (Å²) < 4.78 is 5.66. The van der Waals surface area contributed by atoms with E-state index in [1.165, 1.54) is 11.1 Å². The fourth-order valence-electron chi connectivity index (χ4n) is 3.40. The molecule has 0 fully saturated rings. The van der Waals surface area contributed by atoms with Gasteiger partial charge in [0.15, 0.2) is 0 Å². The molecule has 1 atom stereocenters. The van der Waals surface area contributed by atoms with E-state index >= 15 is 0 Å². The summed E-state index contributed by atoms with van der Waals surface area (Å²) in [4.78, 5) is 14.8. The average molecular weight is 352 g/mol. The van der Waals surface area contributed by atoms with Gasteiger partial charge in [-0.05, 0) is 55.3 Å². The zero-order chi connectivity index (χ0) is 18.4. The van der Waals surface area contributed by atoms with Crippen LogP contribution in [0.1, 0.15) is 43.4 Å². The molecule has 1 unspecified atom stereocenters. The number of benzene rings is 2. The minimum atomic E-state index is 0.0400. The fourth-order valence-corrected chi connectivity index (χ4v) is 3.40. The standard InChI is InChI=1S/C22H28N2O2/c1-3-4-15-26-19-11-9-18(10-12-19)23-22(25)16-21-20-8-6-5-7-17(20)13-14-24(21)2/h5-12,21H,3-4,13-16H2,1-2H3,(H,23,25). The zero-order valence-electron chi connectivity index (χ0n) is 15.7. The number of nitrogens with one attached hydrogen (secondary N) is 1. The van der Waals surface area contributed by atoms with Crippen molar-refractivity contribution in [2.45, 2.75) is 38.6 Å². The Balaban J connectivity index is 1.59. The van der Waals surface area contributed by atoms with E-state index in [-0.39, 0.29) is 11.9 Å². The maximum atomic E-state index is 12.6. The first kappa shape index (κ1) is 18.5. The van der Waals surface area contributed by atoms with Crippen molar-refractivity contribution in [2.75, 3.05) is 25.5 Å². The zero-order valence-corrected chi connectivity index (χ0v) is 15.7. The number of anilines is 1. The predicted molar refractivity (Wildman–Crippen MR) is 106 cm³/mol. The minimum Gasteiger partial charge on any atom is -0.494 e. The van der Waals surface area contributed by atoms with Gasteiger partial charge in [-0.3, -0.25) is 9.69 Å². The van der Waals surface area contributed by atoms with Crippen LogP contribution in [-0.4, -0.2) is 31.0 Å². The van der Waals surface area contributed by atoms with E-state index in [0.29, 0.717) is 6.42 Å². The third-order valence-electron chi connectivity index (χ3n) is 4.96. The first-order valence-electron chi connectivity index (χ1n) is 9.48. The van der Waals surface area contributed by atoms with Gasteiger partial charge in [-0.15, -0.1) is 0 Å². The normalized spacial score (nSPS) is 16.8.